The Morgan fingerprint density at radius 1 is 1.06 bits per heavy atom. The largest absolute Gasteiger partial charge is 0.497 e. The quantitative estimate of drug-likeness (QED) is 0.597. The van der Waals surface area contributed by atoms with Crippen molar-refractivity contribution in [2.45, 2.75) is 19.9 Å². The van der Waals surface area contributed by atoms with E-state index in [4.69, 9.17) is 9.72 Å². The van der Waals surface area contributed by atoms with Crippen LogP contribution in [0.5, 0.6) is 5.75 Å². The molecule has 1 aliphatic rings. The van der Waals surface area contributed by atoms with Crippen LogP contribution in [-0.4, -0.2) is 60.6 Å². The number of hydrogen-bond donors (Lipinski definition) is 1. The fourth-order valence-electron chi connectivity index (χ4n) is 4.03. The first-order chi connectivity index (χ1) is 16.1. The molecule has 1 amide bonds. The second kappa shape index (κ2) is 10.4. The van der Waals surface area contributed by atoms with E-state index in [2.05, 4.69) is 27.0 Å². The van der Waals surface area contributed by atoms with Crippen LogP contribution < -0.4 is 15.0 Å². The number of aromatic nitrogens is 2. The fraction of sp³-hybridized carbons (Fsp3) is 0.346. The summed E-state index contributed by atoms with van der Waals surface area (Å²) in [6, 6.07) is 17.5. The molecule has 0 aliphatic carbocycles. The van der Waals surface area contributed by atoms with Gasteiger partial charge in [0.2, 0.25) is 0 Å². The van der Waals surface area contributed by atoms with Crippen LogP contribution >= 0.6 is 0 Å². The van der Waals surface area contributed by atoms with Gasteiger partial charge in [-0.05, 0) is 43.3 Å². The standard InChI is InChI=1S/C26H31N5O2/c1-4-30-14-16-31(17-15-30)25-23(26(32)28-19(2)20-8-6-5-7-9-20)18-27-24(29-25)21-10-12-22(33-3)13-11-21/h5-13,18-19H,4,14-17H2,1-3H3,(H,28,32). The van der Waals surface area contributed by atoms with Gasteiger partial charge in [-0.2, -0.15) is 0 Å². The summed E-state index contributed by atoms with van der Waals surface area (Å²) in [6.07, 6.45) is 1.65. The number of benzene rings is 2. The summed E-state index contributed by atoms with van der Waals surface area (Å²) in [6.45, 7) is 8.71. The van der Waals surface area contributed by atoms with Crippen LogP contribution in [-0.2, 0) is 0 Å². The number of nitrogens with zero attached hydrogens (tertiary/aromatic N) is 4. The molecule has 4 rings (SSSR count). The third-order valence-electron chi connectivity index (χ3n) is 6.13. The number of anilines is 1. The lowest BCUT2D eigenvalue weighted by atomic mass is 10.1. The number of nitrogens with one attached hydrogen (secondary N) is 1. The fourth-order valence-corrected chi connectivity index (χ4v) is 4.03. The van der Waals surface area contributed by atoms with Gasteiger partial charge >= 0.3 is 0 Å². The Kier molecular flexibility index (Phi) is 7.19. The minimum atomic E-state index is -0.166. The lowest BCUT2D eigenvalue weighted by molar-refractivity contribution is 0.0939. The lowest BCUT2D eigenvalue weighted by Gasteiger charge is -2.35. The van der Waals surface area contributed by atoms with Crippen LogP contribution in [0.25, 0.3) is 11.4 Å². The number of likely N-dealkylation sites (N-methyl/N-ethyl adjacent to an activating group) is 1. The zero-order valence-electron chi connectivity index (χ0n) is 19.5. The molecule has 3 aromatic rings. The summed E-state index contributed by atoms with van der Waals surface area (Å²) >= 11 is 0. The van der Waals surface area contributed by atoms with Crippen molar-refractivity contribution in [1.29, 1.82) is 0 Å². The highest BCUT2D eigenvalue weighted by Gasteiger charge is 2.24. The zero-order chi connectivity index (χ0) is 23.2. The van der Waals surface area contributed by atoms with E-state index in [1.54, 1.807) is 13.3 Å². The monoisotopic (exact) mass is 445 g/mol. The SMILES string of the molecule is CCN1CCN(c2nc(-c3ccc(OC)cc3)ncc2C(=O)NC(C)c2ccccc2)CC1. The van der Waals surface area contributed by atoms with E-state index in [1.807, 2.05) is 61.5 Å². The van der Waals surface area contributed by atoms with Crippen LogP contribution in [0, 0.1) is 0 Å². The molecule has 1 N–H and O–H groups in total. The van der Waals surface area contributed by atoms with Gasteiger partial charge in [-0.15, -0.1) is 0 Å². The van der Waals surface area contributed by atoms with Gasteiger partial charge in [0.05, 0.1) is 13.2 Å². The number of methoxy groups -OCH3 is 1. The highest BCUT2D eigenvalue weighted by Crippen LogP contribution is 2.26. The third-order valence-corrected chi connectivity index (χ3v) is 6.13. The predicted molar refractivity (Wildman–Crippen MR) is 131 cm³/mol. The van der Waals surface area contributed by atoms with Gasteiger partial charge in [0.25, 0.3) is 5.91 Å². The Hall–Kier alpha value is -3.45. The predicted octanol–water partition coefficient (Wildman–Crippen LogP) is 3.79. The zero-order valence-corrected chi connectivity index (χ0v) is 19.5. The van der Waals surface area contributed by atoms with Crippen LogP contribution in [0.4, 0.5) is 5.82 Å². The molecule has 2 heterocycles. The Morgan fingerprint density at radius 2 is 1.76 bits per heavy atom. The van der Waals surface area contributed by atoms with Crippen molar-refractivity contribution in [2.75, 3.05) is 44.7 Å². The molecule has 172 valence electrons. The van der Waals surface area contributed by atoms with Crippen LogP contribution in [0.2, 0.25) is 0 Å². The molecule has 1 aliphatic heterocycles. The Balaban J connectivity index is 1.64. The van der Waals surface area contributed by atoms with E-state index >= 15 is 0 Å². The Morgan fingerprint density at radius 3 is 2.39 bits per heavy atom. The summed E-state index contributed by atoms with van der Waals surface area (Å²) in [5.41, 5.74) is 2.44. The van der Waals surface area contributed by atoms with E-state index < -0.39 is 0 Å². The van der Waals surface area contributed by atoms with Crippen LogP contribution in [0.1, 0.15) is 35.8 Å². The molecular weight excluding hydrogens is 414 g/mol. The normalized spacial score (nSPS) is 15.2. The van der Waals surface area contributed by atoms with E-state index in [0.29, 0.717) is 17.2 Å². The van der Waals surface area contributed by atoms with Crippen LogP contribution in [0.15, 0.2) is 60.8 Å². The van der Waals surface area contributed by atoms with Gasteiger partial charge in [-0.1, -0.05) is 37.3 Å². The third kappa shape index (κ3) is 5.31. The molecule has 0 bridgehead atoms. The number of rotatable bonds is 7. The number of piperazine rings is 1. The molecule has 2 aromatic carbocycles. The number of amides is 1. The summed E-state index contributed by atoms with van der Waals surface area (Å²) in [5, 5.41) is 3.11. The van der Waals surface area contributed by atoms with Crippen molar-refractivity contribution >= 4 is 11.7 Å². The van der Waals surface area contributed by atoms with Gasteiger partial charge in [-0.25, -0.2) is 9.97 Å². The van der Waals surface area contributed by atoms with Crippen molar-refractivity contribution in [3.63, 3.8) is 0 Å². The molecule has 1 aromatic heterocycles. The van der Waals surface area contributed by atoms with Crippen molar-refractivity contribution in [3.8, 4) is 17.1 Å². The molecular formula is C26H31N5O2. The second-order valence-corrected chi connectivity index (χ2v) is 8.19. The molecule has 1 saturated heterocycles. The van der Waals surface area contributed by atoms with E-state index in [-0.39, 0.29) is 11.9 Å². The number of ether oxygens (including phenoxy) is 1. The first-order valence-electron chi connectivity index (χ1n) is 11.4. The maximum absolute atomic E-state index is 13.3. The molecule has 0 saturated carbocycles. The van der Waals surface area contributed by atoms with E-state index in [1.165, 1.54) is 0 Å². The highest BCUT2D eigenvalue weighted by atomic mass is 16.5. The molecule has 33 heavy (non-hydrogen) atoms. The maximum atomic E-state index is 13.3. The van der Waals surface area contributed by atoms with Crippen molar-refractivity contribution in [2.24, 2.45) is 0 Å². The number of hydrogen-bond acceptors (Lipinski definition) is 6. The van der Waals surface area contributed by atoms with Gasteiger partial charge in [0.1, 0.15) is 17.1 Å². The maximum Gasteiger partial charge on any atom is 0.257 e. The minimum absolute atomic E-state index is 0.121. The molecule has 0 spiro atoms. The topological polar surface area (TPSA) is 70.6 Å². The highest BCUT2D eigenvalue weighted by molar-refractivity contribution is 5.99. The average Bonchev–Trinajstić information content (AvgIpc) is 2.89. The summed E-state index contributed by atoms with van der Waals surface area (Å²) in [4.78, 5) is 27.3. The first-order valence-corrected chi connectivity index (χ1v) is 11.4. The van der Waals surface area contributed by atoms with Crippen LogP contribution in [0.3, 0.4) is 0 Å². The average molecular weight is 446 g/mol. The van der Waals surface area contributed by atoms with Gasteiger partial charge in [-0.3, -0.25) is 4.79 Å². The molecule has 7 heteroatoms. The second-order valence-electron chi connectivity index (χ2n) is 8.19. The molecule has 1 unspecified atom stereocenters. The van der Waals surface area contributed by atoms with Crippen molar-refractivity contribution in [3.05, 3.63) is 71.9 Å². The Labute approximate surface area is 195 Å². The number of carbonyl (C=O) groups excluding carboxylic acids is 1. The summed E-state index contributed by atoms with van der Waals surface area (Å²) in [7, 11) is 1.64. The summed E-state index contributed by atoms with van der Waals surface area (Å²) < 4.78 is 5.26. The molecule has 1 atom stereocenters. The first kappa shape index (κ1) is 22.7. The summed E-state index contributed by atoms with van der Waals surface area (Å²) in [5.74, 6) is 1.89. The van der Waals surface area contributed by atoms with Crippen molar-refractivity contribution < 1.29 is 9.53 Å². The smallest absolute Gasteiger partial charge is 0.257 e. The van der Waals surface area contributed by atoms with Gasteiger partial charge in [0, 0.05) is 37.9 Å². The molecule has 7 nitrogen and oxygen atoms in total. The lowest BCUT2D eigenvalue weighted by Crippen LogP contribution is -2.47. The Bertz CT molecular complexity index is 1060. The van der Waals surface area contributed by atoms with E-state index in [9.17, 15) is 4.79 Å². The van der Waals surface area contributed by atoms with Gasteiger partial charge < -0.3 is 19.9 Å². The molecule has 0 radical (unpaired) electrons. The van der Waals surface area contributed by atoms with Gasteiger partial charge in [0.15, 0.2) is 5.82 Å². The van der Waals surface area contributed by atoms with Crippen molar-refractivity contribution in [1.82, 2.24) is 20.2 Å². The minimum Gasteiger partial charge on any atom is -0.497 e. The van der Waals surface area contributed by atoms with E-state index in [0.717, 1.165) is 49.6 Å². The molecule has 1 fully saturated rings. The number of carbonyl (C=O) groups is 1.